The van der Waals surface area contributed by atoms with E-state index in [1.54, 1.807) is 24.2 Å². The van der Waals surface area contributed by atoms with Gasteiger partial charge in [-0.05, 0) is 53.5 Å². The summed E-state index contributed by atoms with van der Waals surface area (Å²) in [4.78, 5) is 31.0. The van der Waals surface area contributed by atoms with E-state index < -0.39 is 6.04 Å². The van der Waals surface area contributed by atoms with Crippen LogP contribution in [0.25, 0.3) is 0 Å². The minimum absolute atomic E-state index is 0.0734. The molecule has 2 N–H and O–H groups in total. The summed E-state index contributed by atoms with van der Waals surface area (Å²) in [7, 11) is 1.78. The SMILES string of the molecule is CN(CC(=O)Nc1ccc(Br)cn1)C(C(=O)NC1CC1)c1ccccc1. The van der Waals surface area contributed by atoms with Gasteiger partial charge in [0.25, 0.3) is 0 Å². The number of carbonyl (C=O) groups is 2. The van der Waals surface area contributed by atoms with E-state index >= 15 is 0 Å². The van der Waals surface area contributed by atoms with Crippen molar-refractivity contribution in [3.05, 3.63) is 58.7 Å². The van der Waals surface area contributed by atoms with Crippen LogP contribution in [0.5, 0.6) is 0 Å². The number of benzene rings is 1. The Morgan fingerprint density at radius 2 is 1.96 bits per heavy atom. The number of hydrogen-bond donors (Lipinski definition) is 2. The predicted octanol–water partition coefficient (Wildman–Crippen LogP) is 2.73. The van der Waals surface area contributed by atoms with Gasteiger partial charge in [0.1, 0.15) is 11.9 Å². The minimum atomic E-state index is -0.513. The summed E-state index contributed by atoms with van der Waals surface area (Å²) in [5.74, 6) is 0.184. The Balaban J connectivity index is 1.67. The first-order valence-corrected chi connectivity index (χ1v) is 9.29. The molecule has 0 radical (unpaired) electrons. The lowest BCUT2D eigenvalue weighted by molar-refractivity contribution is -0.127. The van der Waals surface area contributed by atoms with E-state index in [0.29, 0.717) is 5.82 Å². The highest BCUT2D eigenvalue weighted by Gasteiger charge is 2.31. The van der Waals surface area contributed by atoms with Crippen LogP contribution in [-0.4, -0.2) is 41.3 Å². The molecule has 1 saturated carbocycles. The molecule has 2 amide bonds. The second kappa shape index (κ2) is 8.42. The quantitative estimate of drug-likeness (QED) is 0.727. The molecule has 0 aliphatic heterocycles. The van der Waals surface area contributed by atoms with Crippen molar-refractivity contribution in [3.63, 3.8) is 0 Å². The minimum Gasteiger partial charge on any atom is -0.352 e. The van der Waals surface area contributed by atoms with Gasteiger partial charge in [0.05, 0.1) is 6.54 Å². The molecule has 136 valence electrons. The van der Waals surface area contributed by atoms with Crippen LogP contribution in [0, 0.1) is 0 Å². The second-order valence-corrected chi connectivity index (χ2v) is 7.34. The molecule has 26 heavy (non-hydrogen) atoms. The molecule has 1 aliphatic rings. The number of pyridine rings is 1. The number of anilines is 1. The monoisotopic (exact) mass is 416 g/mol. The first-order valence-electron chi connectivity index (χ1n) is 8.50. The maximum Gasteiger partial charge on any atom is 0.242 e. The second-order valence-electron chi connectivity index (χ2n) is 6.42. The van der Waals surface area contributed by atoms with Gasteiger partial charge in [-0.3, -0.25) is 14.5 Å². The van der Waals surface area contributed by atoms with Crippen molar-refractivity contribution < 1.29 is 9.59 Å². The lowest BCUT2D eigenvalue weighted by Gasteiger charge is -2.27. The fourth-order valence-corrected chi connectivity index (χ4v) is 2.93. The number of nitrogens with one attached hydrogen (secondary N) is 2. The number of carbonyl (C=O) groups excluding carboxylic acids is 2. The highest BCUT2D eigenvalue weighted by atomic mass is 79.9. The molecule has 6 nitrogen and oxygen atoms in total. The van der Waals surface area contributed by atoms with Gasteiger partial charge < -0.3 is 10.6 Å². The molecule has 1 aromatic carbocycles. The molecule has 0 bridgehead atoms. The summed E-state index contributed by atoms with van der Waals surface area (Å²) in [6.07, 6.45) is 3.66. The molecule has 0 spiro atoms. The van der Waals surface area contributed by atoms with E-state index in [4.69, 9.17) is 0 Å². The number of halogens is 1. The average Bonchev–Trinajstić information content (AvgIpc) is 3.42. The van der Waals surface area contributed by atoms with E-state index in [1.807, 2.05) is 36.4 Å². The molecule has 1 heterocycles. The Hall–Kier alpha value is -2.25. The largest absolute Gasteiger partial charge is 0.352 e. The molecule has 1 aliphatic carbocycles. The van der Waals surface area contributed by atoms with E-state index in [-0.39, 0.29) is 24.4 Å². The van der Waals surface area contributed by atoms with Gasteiger partial charge in [-0.15, -0.1) is 0 Å². The van der Waals surface area contributed by atoms with Crippen molar-refractivity contribution in [2.45, 2.75) is 24.9 Å². The van der Waals surface area contributed by atoms with Crippen LogP contribution in [0.4, 0.5) is 5.82 Å². The molecular formula is C19H21BrN4O2. The third-order valence-corrected chi connectivity index (χ3v) is 4.59. The van der Waals surface area contributed by atoms with Gasteiger partial charge in [0, 0.05) is 16.7 Å². The predicted molar refractivity (Wildman–Crippen MR) is 104 cm³/mol. The van der Waals surface area contributed by atoms with Gasteiger partial charge in [0.2, 0.25) is 11.8 Å². The Morgan fingerprint density at radius 3 is 2.58 bits per heavy atom. The number of rotatable bonds is 7. The van der Waals surface area contributed by atoms with Crippen molar-refractivity contribution in [2.75, 3.05) is 18.9 Å². The summed E-state index contributed by atoms with van der Waals surface area (Å²) < 4.78 is 0.841. The third-order valence-electron chi connectivity index (χ3n) is 4.12. The van der Waals surface area contributed by atoms with Crippen molar-refractivity contribution in [1.29, 1.82) is 0 Å². The smallest absolute Gasteiger partial charge is 0.242 e. The van der Waals surface area contributed by atoms with Crippen molar-refractivity contribution in [2.24, 2.45) is 0 Å². The lowest BCUT2D eigenvalue weighted by atomic mass is 10.0. The number of likely N-dealkylation sites (N-methyl/N-ethyl adjacent to an activating group) is 1. The van der Waals surface area contributed by atoms with E-state index in [1.165, 1.54) is 0 Å². The average molecular weight is 417 g/mol. The van der Waals surface area contributed by atoms with E-state index in [0.717, 1.165) is 22.9 Å². The highest BCUT2D eigenvalue weighted by Crippen LogP contribution is 2.24. The molecule has 7 heteroatoms. The van der Waals surface area contributed by atoms with Crippen LogP contribution in [0.3, 0.4) is 0 Å². The van der Waals surface area contributed by atoms with Gasteiger partial charge in [-0.25, -0.2) is 4.98 Å². The number of hydrogen-bond acceptors (Lipinski definition) is 4. The van der Waals surface area contributed by atoms with Crippen molar-refractivity contribution in [3.8, 4) is 0 Å². The Morgan fingerprint density at radius 1 is 1.23 bits per heavy atom. The number of nitrogens with zero attached hydrogens (tertiary/aromatic N) is 2. The summed E-state index contributed by atoms with van der Waals surface area (Å²) in [5.41, 5.74) is 0.864. The first-order chi connectivity index (χ1) is 12.5. The molecule has 3 rings (SSSR count). The molecule has 0 saturated heterocycles. The summed E-state index contributed by atoms with van der Waals surface area (Å²) in [5, 5.41) is 5.79. The van der Waals surface area contributed by atoms with Crippen molar-refractivity contribution >= 4 is 33.6 Å². The molecule has 1 atom stereocenters. The van der Waals surface area contributed by atoms with Crippen LogP contribution in [0.2, 0.25) is 0 Å². The highest BCUT2D eigenvalue weighted by molar-refractivity contribution is 9.10. The van der Waals surface area contributed by atoms with Gasteiger partial charge in [-0.2, -0.15) is 0 Å². The molecule has 1 unspecified atom stereocenters. The standard InChI is InChI=1S/C19H21BrN4O2/c1-24(12-17(25)23-16-10-7-14(20)11-21-16)18(13-5-3-2-4-6-13)19(26)22-15-8-9-15/h2-7,10-11,15,18H,8-9,12H2,1H3,(H,22,26)(H,21,23,25). The van der Waals surface area contributed by atoms with Gasteiger partial charge in [-0.1, -0.05) is 30.3 Å². The topological polar surface area (TPSA) is 74.3 Å². The molecular weight excluding hydrogens is 396 g/mol. The van der Waals surface area contributed by atoms with Crippen molar-refractivity contribution in [1.82, 2.24) is 15.2 Å². The zero-order chi connectivity index (χ0) is 18.5. The Labute approximate surface area is 161 Å². The van der Waals surface area contributed by atoms with Crippen LogP contribution in [0.1, 0.15) is 24.4 Å². The summed E-state index contributed by atoms with van der Waals surface area (Å²) in [6, 6.07) is 12.8. The van der Waals surface area contributed by atoms with Crippen LogP contribution < -0.4 is 10.6 Å². The molecule has 1 aromatic heterocycles. The van der Waals surface area contributed by atoms with Gasteiger partial charge in [0.15, 0.2) is 0 Å². The lowest BCUT2D eigenvalue weighted by Crippen LogP contribution is -2.42. The van der Waals surface area contributed by atoms with Crippen LogP contribution >= 0.6 is 15.9 Å². The Kier molecular flexibility index (Phi) is 6.00. The fourth-order valence-electron chi connectivity index (χ4n) is 2.70. The maximum absolute atomic E-state index is 12.7. The molecule has 1 fully saturated rings. The zero-order valence-corrected chi connectivity index (χ0v) is 16.1. The van der Waals surface area contributed by atoms with E-state index in [2.05, 4.69) is 31.5 Å². The fraction of sp³-hybridized carbons (Fsp3) is 0.316. The van der Waals surface area contributed by atoms with E-state index in [9.17, 15) is 9.59 Å². The molecule has 2 aromatic rings. The van der Waals surface area contributed by atoms with Gasteiger partial charge >= 0.3 is 0 Å². The van der Waals surface area contributed by atoms with Crippen LogP contribution in [-0.2, 0) is 9.59 Å². The first kappa shape index (κ1) is 18.5. The van der Waals surface area contributed by atoms with Crippen LogP contribution in [0.15, 0.2) is 53.1 Å². The zero-order valence-electron chi connectivity index (χ0n) is 14.5. The summed E-state index contributed by atoms with van der Waals surface area (Å²) >= 11 is 3.31. The Bertz CT molecular complexity index is 763. The maximum atomic E-state index is 12.7. The third kappa shape index (κ3) is 5.12. The number of amides is 2. The summed E-state index contributed by atoms with van der Waals surface area (Å²) in [6.45, 7) is 0.0788. The normalized spacial score (nSPS) is 14.7. The number of aromatic nitrogens is 1.